The minimum absolute atomic E-state index is 0.694. The molecule has 40 valence electrons. The molecule has 0 atom stereocenters. The molecule has 4 heteroatoms. The van der Waals surface area contributed by atoms with Crippen LogP contribution in [0.2, 0.25) is 0 Å². The topological polar surface area (TPSA) is 43.4 Å². The number of halogens is 1. The Morgan fingerprint density at radius 1 is 1.57 bits per heavy atom. The van der Waals surface area contributed by atoms with Crippen LogP contribution in [0.1, 0.15) is 6.92 Å². The molecular weight excluding hydrogens is 119 g/mol. The van der Waals surface area contributed by atoms with Crippen LogP contribution < -0.4 is 0 Å². The summed E-state index contributed by atoms with van der Waals surface area (Å²) >= 11 is 4.59. The lowest BCUT2D eigenvalue weighted by molar-refractivity contribution is -0.133. The van der Waals surface area contributed by atoms with Crippen molar-refractivity contribution >= 4 is 23.0 Å². The number of hydrogen-bond acceptors (Lipinski definition) is 3. The summed E-state index contributed by atoms with van der Waals surface area (Å²) in [4.78, 5) is 19.3. The molecule has 0 aliphatic rings. The number of carbonyl (C=O) groups is 2. The third-order valence-electron chi connectivity index (χ3n) is 0.224. The highest BCUT2D eigenvalue weighted by Crippen LogP contribution is 1.85. The second kappa shape index (κ2) is 2.58. The Kier molecular flexibility index (Phi) is 2.37. The Morgan fingerprint density at radius 3 is 2.00 bits per heavy atom. The monoisotopic (exact) mass is 122 g/mol. The summed E-state index contributed by atoms with van der Waals surface area (Å²) in [5.41, 5.74) is -1.09. The first-order valence-corrected chi connectivity index (χ1v) is 1.88. The molecule has 0 radical (unpaired) electrons. The van der Waals surface area contributed by atoms with Gasteiger partial charge in [0.15, 0.2) is 0 Å². The lowest BCUT2D eigenvalue weighted by Crippen LogP contribution is -1.99. The highest BCUT2D eigenvalue weighted by molar-refractivity contribution is 6.61. The summed E-state index contributed by atoms with van der Waals surface area (Å²) in [5, 5.41) is 0. The maximum atomic E-state index is 9.73. The lowest BCUT2D eigenvalue weighted by atomic mass is 10.8. The van der Waals surface area contributed by atoms with E-state index in [9.17, 15) is 9.59 Å². The van der Waals surface area contributed by atoms with Crippen LogP contribution in [0, 0.1) is 0 Å². The molecule has 0 saturated carbocycles. The van der Waals surface area contributed by atoms with Crippen LogP contribution in [-0.4, -0.2) is 11.4 Å². The fraction of sp³-hybridized carbons (Fsp3) is 0.333. The van der Waals surface area contributed by atoms with Gasteiger partial charge in [-0.15, -0.1) is 0 Å². The number of ether oxygens (including phenoxy) is 1. The molecule has 0 aliphatic carbocycles. The Morgan fingerprint density at radius 2 is 2.00 bits per heavy atom. The zero-order chi connectivity index (χ0) is 5.86. The van der Waals surface area contributed by atoms with Crippen LogP contribution in [-0.2, 0) is 9.53 Å². The largest absolute Gasteiger partial charge is 0.411 e. The van der Waals surface area contributed by atoms with Crippen molar-refractivity contribution in [2.75, 3.05) is 0 Å². The molecule has 0 aliphatic heterocycles. The normalized spacial score (nSPS) is 7.71. The number of carbonyl (C=O) groups excluding carboxylic acids is 2. The fourth-order valence-corrected chi connectivity index (χ4v) is 0.222. The van der Waals surface area contributed by atoms with E-state index < -0.39 is 11.4 Å². The van der Waals surface area contributed by atoms with E-state index in [1.54, 1.807) is 0 Å². The van der Waals surface area contributed by atoms with Gasteiger partial charge in [0, 0.05) is 18.5 Å². The van der Waals surface area contributed by atoms with Crippen LogP contribution in [0.3, 0.4) is 0 Å². The zero-order valence-electron chi connectivity index (χ0n) is 3.60. The van der Waals surface area contributed by atoms with Crippen molar-refractivity contribution in [3.63, 3.8) is 0 Å². The van der Waals surface area contributed by atoms with Crippen LogP contribution in [0.5, 0.6) is 0 Å². The van der Waals surface area contributed by atoms with E-state index in [4.69, 9.17) is 0 Å². The highest BCUT2D eigenvalue weighted by Gasteiger charge is 1.96. The third-order valence-corrected chi connectivity index (χ3v) is 0.301. The summed E-state index contributed by atoms with van der Waals surface area (Å²) in [6, 6.07) is 0. The molecule has 0 amide bonds. The predicted octanol–water partition coefficient (Wildman–Crippen LogP) is 0.908. The van der Waals surface area contributed by atoms with Crippen molar-refractivity contribution in [1.29, 1.82) is 0 Å². The highest BCUT2D eigenvalue weighted by atomic mass is 35.5. The second-order valence-corrected chi connectivity index (χ2v) is 1.14. The number of rotatable bonds is 0. The van der Waals surface area contributed by atoms with Crippen LogP contribution >= 0.6 is 11.6 Å². The SMILES string of the molecule is CC(=O)OC(=O)Cl. The van der Waals surface area contributed by atoms with E-state index in [0.717, 1.165) is 6.92 Å². The van der Waals surface area contributed by atoms with Crippen molar-refractivity contribution in [1.82, 2.24) is 0 Å². The van der Waals surface area contributed by atoms with Gasteiger partial charge in [0.25, 0.3) is 0 Å². The van der Waals surface area contributed by atoms with Gasteiger partial charge in [0.1, 0.15) is 0 Å². The molecule has 0 fully saturated rings. The summed E-state index contributed by atoms with van der Waals surface area (Å²) < 4.78 is 3.74. The standard InChI is InChI=1S/C3H3ClO3/c1-2(5)7-3(4)6/h1H3. The Balaban J connectivity index is 3.32. The van der Waals surface area contributed by atoms with E-state index in [1.807, 2.05) is 0 Å². The average molecular weight is 123 g/mol. The molecule has 0 heterocycles. The second-order valence-electron chi connectivity index (χ2n) is 0.831. The van der Waals surface area contributed by atoms with Gasteiger partial charge in [-0.05, 0) is 0 Å². The quantitative estimate of drug-likeness (QED) is 0.273. The van der Waals surface area contributed by atoms with Gasteiger partial charge in [-0.3, -0.25) is 4.79 Å². The summed E-state index contributed by atoms with van der Waals surface area (Å²) in [7, 11) is 0. The van der Waals surface area contributed by atoms with Crippen molar-refractivity contribution in [3.8, 4) is 0 Å². The van der Waals surface area contributed by atoms with Gasteiger partial charge in [-0.2, -0.15) is 0 Å². The lowest BCUT2D eigenvalue weighted by Gasteiger charge is -1.85. The molecule has 0 spiro atoms. The molecule has 0 saturated heterocycles. The molecule has 0 bridgehead atoms. The molecule has 7 heavy (non-hydrogen) atoms. The van der Waals surface area contributed by atoms with Crippen LogP contribution in [0.25, 0.3) is 0 Å². The van der Waals surface area contributed by atoms with Gasteiger partial charge in [-0.25, -0.2) is 4.79 Å². The van der Waals surface area contributed by atoms with E-state index in [-0.39, 0.29) is 0 Å². The minimum Gasteiger partial charge on any atom is -0.381 e. The van der Waals surface area contributed by atoms with Crippen molar-refractivity contribution < 1.29 is 14.3 Å². The zero-order valence-corrected chi connectivity index (χ0v) is 4.36. The van der Waals surface area contributed by atoms with Crippen LogP contribution in [0.15, 0.2) is 0 Å². The summed E-state index contributed by atoms with van der Waals surface area (Å²) in [5.74, 6) is -0.694. The Labute approximate surface area is 45.2 Å². The van der Waals surface area contributed by atoms with Gasteiger partial charge in [0.2, 0.25) is 0 Å². The maximum Gasteiger partial charge on any atom is 0.411 e. The van der Waals surface area contributed by atoms with E-state index in [1.165, 1.54) is 0 Å². The third kappa shape index (κ3) is 5.43. The predicted molar refractivity (Wildman–Crippen MR) is 23.0 cm³/mol. The summed E-state index contributed by atoms with van der Waals surface area (Å²) in [6.07, 6.45) is 0. The van der Waals surface area contributed by atoms with E-state index in [2.05, 4.69) is 16.3 Å². The first-order chi connectivity index (χ1) is 3.13. The van der Waals surface area contributed by atoms with Gasteiger partial charge >= 0.3 is 11.4 Å². The molecule has 0 aromatic rings. The van der Waals surface area contributed by atoms with Gasteiger partial charge in [-0.1, -0.05) is 0 Å². The molecule has 0 aromatic carbocycles. The average Bonchev–Trinajstić information content (AvgIpc) is 1.27. The first-order valence-electron chi connectivity index (χ1n) is 1.51. The maximum absolute atomic E-state index is 9.73. The molecule has 0 unspecified atom stereocenters. The molecule has 3 nitrogen and oxygen atoms in total. The number of hydrogen-bond donors (Lipinski definition) is 0. The van der Waals surface area contributed by atoms with Gasteiger partial charge < -0.3 is 4.74 Å². The number of esters is 1. The summed E-state index contributed by atoms with van der Waals surface area (Å²) in [6.45, 7) is 1.10. The fourth-order valence-electron chi connectivity index (χ4n) is 0.113. The van der Waals surface area contributed by atoms with Crippen molar-refractivity contribution in [2.24, 2.45) is 0 Å². The molecular formula is C3H3ClO3. The molecule has 0 aromatic heterocycles. The smallest absolute Gasteiger partial charge is 0.381 e. The van der Waals surface area contributed by atoms with Crippen molar-refractivity contribution in [3.05, 3.63) is 0 Å². The Hall–Kier alpha value is -0.570. The van der Waals surface area contributed by atoms with Crippen molar-refractivity contribution in [2.45, 2.75) is 6.92 Å². The first kappa shape index (κ1) is 6.43. The molecule has 0 N–H and O–H groups in total. The van der Waals surface area contributed by atoms with Crippen LogP contribution in [0.4, 0.5) is 4.79 Å². The molecule has 0 rings (SSSR count). The van der Waals surface area contributed by atoms with E-state index >= 15 is 0 Å². The van der Waals surface area contributed by atoms with Gasteiger partial charge in [0.05, 0.1) is 0 Å². The Bertz CT molecular complexity index is 86.4. The minimum atomic E-state index is -1.09. The van der Waals surface area contributed by atoms with E-state index in [0.29, 0.717) is 0 Å².